The van der Waals surface area contributed by atoms with Gasteiger partial charge in [-0.3, -0.25) is 0 Å². The van der Waals surface area contributed by atoms with Crippen LogP contribution in [0, 0.1) is 0 Å². The summed E-state index contributed by atoms with van der Waals surface area (Å²) >= 11 is 0. The van der Waals surface area contributed by atoms with Crippen LogP contribution in [0.4, 0.5) is 5.69 Å². The predicted octanol–water partition coefficient (Wildman–Crippen LogP) is 3.85. The Kier molecular flexibility index (Phi) is 3.46. The highest BCUT2D eigenvalue weighted by molar-refractivity contribution is 5.74. The van der Waals surface area contributed by atoms with Crippen LogP contribution in [0.5, 0.6) is 5.75 Å². The van der Waals surface area contributed by atoms with Crippen molar-refractivity contribution in [2.75, 3.05) is 12.8 Å². The lowest BCUT2D eigenvalue weighted by atomic mass is 10.0. The van der Waals surface area contributed by atoms with Crippen LogP contribution < -0.4 is 10.5 Å². The number of benzene rings is 2. The molecule has 0 saturated heterocycles. The van der Waals surface area contributed by atoms with E-state index in [2.05, 4.69) is 30.3 Å². The van der Waals surface area contributed by atoms with Crippen LogP contribution in [-0.2, 0) is 12.8 Å². The minimum Gasteiger partial charge on any atom is -0.497 e. The minimum atomic E-state index is 0.861. The molecule has 0 unspecified atom stereocenters. The highest BCUT2D eigenvalue weighted by atomic mass is 16.5. The van der Waals surface area contributed by atoms with Crippen molar-refractivity contribution in [3.63, 3.8) is 0 Å². The van der Waals surface area contributed by atoms with E-state index in [1.54, 1.807) is 7.11 Å². The predicted molar refractivity (Wildman–Crippen MR) is 83.9 cm³/mol. The molecule has 0 bridgehead atoms. The lowest BCUT2D eigenvalue weighted by Gasteiger charge is -2.04. The van der Waals surface area contributed by atoms with Gasteiger partial charge in [0.2, 0.25) is 0 Å². The van der Waals surface area contributed by atoms with Crippen molar-refractivity contribution in [2.24, 2.45) is 0 Å². The molecule has 2 nitrogen and oxygen atoms in total. The van der Waals surface area contributed by atoms with Gasteiger partial charge in [-0.15, -0.1) is 0 Å². The average Bonchev–Trinajstić information content (AvgIpc) is 2.88. The maximum absolute atomic E-state index is 5.84. The second-order valence-corrected chi connectivity index (χ2v) is 5.20. The zero-order valence-corrected chi connectivity index (χ0v) is 11.7. The van der Waals surface area contributed by atoms with Crippen molar-refractivity contribution < 1.29 is 4.74 Å². The molecule has 102 valence electrons. The lowest BCUT2D eigenvalue weighted by molar-refractivity contribution is 0.414. The van der Waals surface area contributed by atoms with E-state index in [-0.39, 0.29) is 0 Å². The Morgan fingerprint density at radius 2 is 1.90 bits per heavy atom. The molecular weight excluding hydrogens is 246 g/mol. The Labute approximate surface area is 119 Å². The first-order chi connectivity index (χ1) is 9.76. The van der Waals surface area contributed by atoms with Gasteiger partial charge in [0.1, 0.15) is 5.75 Å². The molecule has 0 heterocycles. The summed E-state index contributed by atoms with van der Waals surface area (Å²) in [5, 5.41) is 0. The third kappa shape index (κ3) is 2.55. The molecule has 3 rings (SSSR count). The standard InChI is InChI=1S/C18H19NO/c1-20-17-9-3-13(4-10-17)2-5-14-6-7-15-12-16(19)8-11-18(14)15/h3-5,8-12H,2,6-7,19H2,1H3/b14-5-. The summed E-state index contributed by atoms with van der Waals surface area (Å²) in [4.78, 5) is 0. The van der Waals surface area contributed by atoms with Gasteiger partial charge >= 0.3 is 0 Å². The van der Waals surface area contributed by atoms with E-state index in [1.807, 2.05) is 18.2 Å². The van der Waals surface area contributed by atoms with E-state index >= 15 is 0 Å². The third-order valence-corrected chi connectivity index (χ3v) is 3.88. The zero-order valence-electron chi connectivity index (χ0n) is 11.7. The molecule has 1 aliphatic rings. The van der Waals surface area contributed by atoms with Crippen molar-refractivity contribution in [1.82, 2.24) is 0 Å². The number of fused-ring (bicyclic) bond motifs is 1. The number of nitrogens with two attached hydrogens (primary N) is 1. The number of anilines is 1. The molecule has 2 aromatic carbocycles. The Hall–Kier alpha value is -2.22. The average molecular weight is 265 g/mol. The second kappa shape index (κ2) is 5.41. The van der Waals surface area contributed by atoms with Crippen LogP contribution in [0.3, 0.4) is 0 Å². The summed E-state index contributed by atoms with van der Waals surface area (Å²) in [5.74, 6) is 0.906. The minimum absolute atomic E-state index is 0.861. The van der Waals surface area contributed by atoms with Gasteiger partial charge in [0.15, 0.2) is 0 Å². The van der Waals surface area contributed by atoms with Crippen LogP contribution in [-0.4, -0.2) is 7.11 Å². The fourth-order valence-corrected chi connectivity index (χ4v) is 2.75. The van der Waals surface area contributed by atoms with Crippen molar-refractivity contribution in [1.29, 1.82) is 0 Å². The first-order valence-corrected chi connectivity index (χ1v) is 6.97. The lowest BCUT2D eigenvalue weighted by Crippen LogP contribution is -1.88. The van der Waals surface area contributed by atoms with Crippen molar-refractivity contribution in [3.05, 3.63) is 65.2 Å². The maximum atomic E-state index is 5.84. The smallest absolute Gasteiger partial charge is 0.118 e. The summed E-state index contributed by atoms with van der Waals surface area (Å²) in [6.07, 6.45) is 5.52. The molecule has 0 atom stereocenters. The van der Waals surface area contributed by atoms with Crippen molar-refractivity contribution in [2.45, 2.75) is 19.3 Å². The van der Waals surface area contributed by atoms with Gasteiger partial charge < -0.3 is 10.5 Å². The number of rotatable bonds is 3. The molecule has 0 aliphatic heterocycles. The number of aryl methyl sites for hydroxylation is 1. The number of nitrogen functional groups attached to an aromatic ring is 1. The molecule has 2 aromatic rings. The van der Waals surface area contributed by atoms with E-state index in [0.29, 0.717) is 0 Å². The van der Waals surface area contributed by atoms with Crippen LogP contribution in [0.15, 0.2) is 48.5 Å². The number of hydrogen-bond donors (Lipinski definition) is 1. The first-order valence-electron chi connectivity index (χ1n) is 6.97. The van der Waals surface area contributed by atoms with Gasteiger partial charge in [-0.25, -0.2) is 0 Å². The van der Waals surface area contributed by atoms with E-state index in [4.69, 9.17) is 10.5 Å². The van der Waals surface area contributed by atoms with Gasteiger partial charge in [-0.1, -0.05) is 24.3 Å². The summed E-state index contributed by atoms with van der Waals surface area (Å²) in [6, 6.07) is 14.5. The molecule has 20 heavy (non-hydrogen) atoms. The summed E-state index contributed by atoms with van der Waals surface area (Å²) < 4.78 is 5.18. The van der Waals surface area contributed by atoms with Gasteiger partial charge in [0, 0.05) is 5.69 Å². The number of ether oxygens (including phenoxy) is 1. The van der Waals surface area contributed by atoms with Crippen LogP contribution in [0.25, 0.3) is 5.57 Å². The van der Waals surface area contributed by atoms with Crippen LogP contribution in [0.1, 0.15) is 23.1 Å². The van der Waals surface area contributed by atoms with Crippen molar-refractivity contribution >= 4 is 11.3 Å². The Bertz CT molecular complexity index is 641. The van der Waals surface area contributed by atoms with Crippen LogP contribution >= 0.6 is 0 Å². The second-order valence-electron chi connectivity index (χ2n) is 5.20. The molecule has 0 saturated carbocycles. The molecule has 2 N–H and O–H groups in total. The third-order valence-electron chi connectivity index (χ3n) is 3.88. The van der Waals surface area contributed by atoms with Gasteiger partial charge in [0.25, 0.3) is 0 Å². The Morgan fingerprint density at radius 3 is 2.65 bits per heavy atom. The van der Waals surface area contributed by atoms with E-state index < -0.39 is 0 Å². The summed E-state index contributed by atoms with van der Waals surface area (Å²) in [5.41, 5.74) is 12.2. The molecule has 2 heteroatoms. The molecule has 0 fully saturated rings. The van der Waals surface area contributed by atoms with E-state index in [0.717, 1.165) is 30.7 Å². The van der Waals surface area contributed by atoms with Gasteiger partial charge in [-0.05, 0) is 65.8 Å². The maximum Gasteiger partial charge on any atom is 0.118 e. The van der Waals surface area contributed by atoms with Crippen molar-refractivity contribution in [3.8, 4) is 5.75 Å². The monoisotopic (exact) mass is 265 g/mol. The molecule has 0 aromatic heterocycles. The van der Waals surface area contributed by atoms with Crippen LogP contribution in [0.2, 0.25) is 0 Å². The quantitative estimate of drug-likeness (QED) is 0.855. The fraction of sp³-hybridized carbons (Fsp3) is 0.222. The molecule has 1 aliphatic carbocycles. The molecular formula is C18H19NO. The largest absolute Gasteiger partial charge is 0.497 e. The molecule has 0 spiro atoms. The normalized spacial score (nSPS) is 15.3. The SMILES string of the molecule is COc1ccc(C/C=C2/CCc3cc(N)ccc32)cc1. The number of hydrogen-bond acceptors (Lipinski definition) is 2. The topological polar surface area (TPSA) is 35.2 Å². The molecule has 0 radical (unpaired) electrons. The van der Waals surface area contributed by atoms with E-state index in [1.165, 1.54) is 22.3 Å². The molecule has 0 amide bonds. The Balaban J connectivity index is 1.77. The highest BCUT2D eigenvalue weighted by Gasteiger charge is 2.15. The van der Waals surface area contributed by atoms with E-state index in [9.17, 15) is 0 Å². The number of methoxy groups -OCH3 is 1. The van der Waals surface area contributed by atoms with Gasteiger partial charge in [0.05, 0.1) is 7.11 Å². The Morgan fingerprint density at radius 1 is 1.10 bits per heavy atom. The first kappa shape index (κ1) is 12.8. The zero-order chi connectivity index (χ0) is 13.9. The van der Waals surface area contributed by atoms with Gasteiger partial charge in [-0.2, -0.15) is 0 Å². The fourth-order valence-electron chi connectivity index (χ4n) is 2.75. The summed E-state index contributed by atoms with van der Waals surface area (Å²) in [6.45, 7) is 0. The highest BCUT2D eigenvalue weighted by Crippen LogP contribution is 2.33. The summed E-state index contributed by atoms with van der Waals surface area (Å²) in [7, 11) is 1.69. The number of allylic oxidation sites excluding steroid dienone is 2.